The first-order chi connectivity index (χ1) is 12.5. The minimum absolute atomic E-state index is 0.0346. The number of nitrogens with one attached hydrogen (secondary N) is 1. The summed E-state index contributed by atoms with van der Waals surface area (Å²) in [5.74, 6) is 1.10. The van der Waals surface area contributed by atoms with Crippen molar-refractivity contribution in [1.82, 2.24) is 15.3 Å². The van der Waals surface area contributed by atoms with E-state index in [-0.39, 0.29) is 5.91 Å². The van der Waals surface area contributed by atoms with E-state index in [1.807, 2.05) is 50.2 Å². The molecule has 0 radical (unpaired) electrons. The number of carbonyl (C=O) groups is 1. The van der Waals surface area contributed by atoms with Gasteiger partial charge in [-0.05, 0) is 54.4 Å². The number of rotatable bonds is 6. The van der Waals surface area contributed by atoms with Crippen molar-refractivity contribution in [2.24, 2.45) is 0 Å². The second-order valence-electron chi connectivity index (χ2n) is 6.05. The third-order valence-corrected chi connectivity index (χ3v) is 4.74. The van der Waals surface area contributed by atoms with Gasteiger partial charge in [-0.3, -0.25) is 4.79 Å². The lowest BCUT2D eigenvalue weighted by Gasteiger charge is -2.08. The van der Waals surface area contributed by atoms with E-state index in [9.17, 15) is 4.79 Å². The normalized spacial score (nSPS) is 10.7. The minimum Gasteiger partial charge on any atom is -0.497 e. The maximum atomic E-state index is 12.1. The molecule has 0 aliphatic rings. The number of benzene rings is 2. The third kappa shape index (κ3) is 4.73. The van der Waals surface area contributed by atoms with Crippen molar-refractivity contribution in [3.05, 3.63) is 59.4 Å². The summed E-state index contributed by atoms with van der Waals surface area (Å²) in [6.45, 7) is 4.34. The van der Waals surface area contributed by atoms with Crippen LogP contribution in [0.15, 0.2) is 47.6 Å². The molecule has 1 heterocycles. The molecule has 0 aliphatic heterocycles. The molecule has 3 rings (SSSR count). The largest absolute Gasteiger partial charge is 0.497 e. The van der Waals surface area contributed by atoms with Crippen molar-refractivity contribution in [2.75, 3.05) is 12.9 Å². The first kappa shape index (κ1) is 18.2. The number of aryl methyl sites for hydroxylation is 2. The van der Waals surface area contributed by atoms with Gasteiger partial charge >= 0.3 is 0 Å². The van der Waals surface area contributed by atoms with Crippen LogP contribution in [0.3, 0.4) is 0 Å². The molecule has 1 N–H and O–H groups in total. The van der Waals surface area contributed by atoms with Gasteiger partial charge in [0.15, 0.2) is 5.16 Å². The predicted molar refractivity (Wildman–Crippen MR) is 105 cm³/mol. The van der Waals surface area contributed by atoms with Crippen LogP contribution in [-0.4, -0.2) is 28.7 Å². The molecule has 1 aromatic heterocycles. The van der Waals surface area contributed by atoms with Gasteiger partial charge in [0, 0.05) is 17.9 Å². The van der Waals surface area contributed by atoms with E-state index < -0.39 is 0 Å². The maximum Gasteiger partial charge on any atom is 0.230 e. The lowest BCUT2D eigenvalue weighted by Crippen LogP contribution is -2.24. The fourth-order valence-electron chi connectivity index (χ4n) is 2.65. The summed E-state index contributed by atoms with van der Waals surface area (Å²) in [6, 6.07) is 14.0. The van der Waals surface area contributed by atoms with Crippen molar-refractivity contribution in [3.63, 3.8) is 0 Å². The van der Waals surface area contributed by atoms with Gasteiger partial charge in [0.25, 0.3) is 0 Å². The first-order valence-electron chi connectivity index (χ1n) is 8.32. The molecule has 134 valence electrons. The van der Waals surface area contributed by atoms with Gasteiger partial charge in [0.05, 0.1) is 12.9 Å². The zero-order chi connectivity index (χ0) is 18.5. The van der Waals surface area contributed by atoms with Gasteiger partial charge in [-0.15, -0.1) is 0 Å². The average molecular weight is 367 g/mol. The van der Waals surface area contributed by atoms with Crippen molar-refractivity contribution in [2.45, 2.75) is 25.5 Å². The number of aromatic nitrogens is 2. The highest BCUT2D eigenvalue weighted by atomic mass is 32.2. The number of amides is 1. The molecule has 0 spiro atoms. The maximum absolute atomic E-state index is 12.1. The fraction of sp³-hybridized carbons (Fsp3) is 0.250. The number of fused-ring (bicyclic) bond motifs is 1. The van der Waals surface area contributed by atoms with Gasteiger partial charge in [0.1, 0.15) is 5.75 Å². The number of ether oxygens (including phenoxy) is 1. The molecular weight excluding hydrogens is 346 g/mol. The van der Waals surface area contributed by atoms with E-state index in [0.717, 1.165) is 33.5 Å². The zero-order valence-electron chi connectivity index (χ0n) is 15.1. The highest BCUT2D eigenvalue weighted by Gasteiger charge is 2.06. The van der Waals surface area contributed by atoms with Crippen molar-refractivity contribution >= 4 is 28.4 Å². The lowest BCUT2D eigenvalue weighted by molar-refractivity contribution is -0.118. The average Bonchev–Trinajstić information content (AvgIpc) is 2.63. The summed E-state index contributed by atoms with van der Waals surface area (Å²) in [4.78, 5) is 20.8. The zero-order valence-corrected chi connectivity index (χ0v) is 15.9. The predicted octanol–water partition coefficient (Wildman–Crippen LogP) is 3.66. The van der Waals surface area contributed by atoms with Crippen molar-refractivity contribution in [1.29, 1.82) is 0 Å². The topological polar surface area (TPSA) is 64.1 Å². The molecule has 5 nitrogen and oxygen atoms in total. The summed E-state index contributed by atoms with van der Waals surface area (Å²) in [7, 11) is 1.66. The molecule has 0 atom stereocenters. The quantitative estimate of drug-likeness (QED) is 0.532. The lowest BCUT2D eigenvalue weighted by atomic mass is 10.1. The number of hydrogen-bond acceptors (Lipinski definition) is 5. The molecule has 2 aromatic carbocycles. The first-order valence-corrected chi connectivity index (χ1v) is 9.30. The fourth-order valence-corrected chi connectivity index (χ4v) is 3.43. The van der Waals surface area contributed by atoms with Crippen LogP contribution in [-0.2, 0) is 11.3 Å². The van der Waals surface area contributed by atoms with Gasteiger partial charge in [-0.2, -0.15) is 0 Å². The van der Waals surface area contributed by atoms with Crippen molar-refractivity contribution in [3.8, 4) is 5.75 Å². The Morgan fingerprint density at radius 3 is 2.46 bits per heavy atom. The summed E-state index contributed by atoms with van der Waals surface area (Å²) < 4.78 is 5.24. The van der Waals surface area contributed by atoms with Gasteiger partial charge in [-0.25, -0.2) is 9.97 Å². The summed E-state index contributed by atoms with van der Waals surface area (Å²) in [5, 5.41) is 5.82. The van der Waals surface area contributed by atoms with Crippen LogP contribution in [0.4, 0.5) is 0 Å². The van der Waals surface area contributed by atoms with Crippen LogP contribution < -0.4 is 10.1 Å². The van der Waals surface area contributed by atoms with Crippen LogP contribution in [0.2, 0.25) is 0 Å². The van der Waals surface area contributed by atoms with E-state index >= 15 is 0 Å². The number of hydrogen-bond donors (Lipinski definition) is 1. The molecule has 0 unspecified atom stereocenters. The molecule has 0 fully saturated rings. The van der Waals surface area contributed by atoms with E-state index in [1.165, 1.54) is 11.8 Å². The minimum atomic E-state index is -0.0346. The SMILES string of the molecule is COc1ccc2cc(CNC(=O)CSc3nc(C)cc(C)n3)ccc2c1. The van der Waals surface area contributed by atoms with E-state index in [4.69, 9.17) is 4.74 Å². The number of carbonyl (C=O) groups excluding carboxylic acids is 1. The number of nitrogens with zero attached hydrogens (tertiary/aromatic N) is 2. The Hall–Kier alpha value is -2.60. The molecule has 26 heavy (non-hydrogen) atoms. The van der Waals surface area contributed by atoms with Crippen LogP contribution in [0.25, 0.3) is 10.8 Å². The Bertz CT molecular complexity index is 923. The molecule has 1 amide bonds. The summed E-state index contributed by atoms with van der Waals surface area (Å²) >= 11 is 1.35. The highest BCUT2D eigenvalue weighted by molar-refractivity contribution is 7.99. The second-order valence-corrected chi connectivity index (χ2v) is 6.99. The molecule has 0 bridgehead atoms. The standard InChI is InChI=1S/C20H21N3O2S/c1-13-8-14(2)23-20(22-13)26-12-19(24)21-11-15-4-5-17-10-18(25-3)7-6-16(17)9-15/h4-10H,11-12H2,1-3H3,(H,21,24). The Balaban J connectivity index is 1.56. The monoisotopic (exact) mass is 367 g/mol. The summed E-state index contributed by atoms with van der Waals surface area (Å²) in [6.07, 6.45) is 0. The molecule has 0 aliphatic carbocycles. The molecule has 0 saturated heterocycles. The molecular formula is C20H21N3O2S. The van der Waals surface area contributed by atoms with E-state index in [1.54, 1.807) is 7.11 Å². The van der Waals surface area contributed by atoms with E-state index in [2.05, 4.69) is 21.4 Å². The number of methoxy groups -OCH3 is 1. The Labute approximate surface area is 157 Å². The van der Waals surface area contributed by atoms with Crippen LogP contribution in [0, 0.1) is 13.8 Å². The van der Waals surface area contributed by atoms with E-state index in [0.29, 0.717) is 17.5 Å². The van der Waals surface area contributed by atoms with Crippen LogP contribution in [0.1, 0.15) is 17.0 Å². The third-order valence-electron chi connectivity index (χ3n) is 3.90. The van der Waals surface area contributed by atoms with Gasteiger partial charge in [-0.1, -0.05) is 30.0 Å². The van der Waals surface area contributed by atoms with Gasteiger partial charge in [0.2, 0.25) is 5.91 Å². The summed E-state index contributed by atoms with van der Waals surface area (Å²) in [5.41, 5.74) is 2.88. The van der Waals surface area contributed by atoms with Crippen molar-refractivity contribution < 1.29 is 9.53 Å². The smallest absolute Gasteiger partial charge is 0.230 e. The highest BCUT2D eigenvalue weighted by Crippen LogP contribution is 2.22. The second kappa shape index (κ2) is 8.19. The number of thioether (sulfide) groups is 1. The van der Waals surface area contributed by atoms with Crippen LogP contribution >= 0.6 is 11.8 Å². The molecule has 3 aromatic rings. The molecule has 6 heteroatoms. The van der Waals surface area contributed by atoms with Gasteiger partial charge < -0.3 is 10.1 Å². The Morgan fingerprint density at radius 2 is 1.73 bits per heavy atom. The Kier molecular flexibility index (Phi) is 5.73. The van der Waals surface area contributed by atoms with Crippen LogP contribution in [0.5, 0.6) is 5.75 Å². The molecule has 0 saturated carbocycles. The Morgan fingerprint density at radius 1 is 1.04 bits per heavy atom.